The summed E-state index contributed by atoms with van der Waals surface area (Å²) in [6.07, 6.45) is 0.616. The fourth-order valence-corrected chi connectivity index (χ4v) is 1.81. The van der Waals surface area contributed by atoms with E-state index in [0.29, 0.717) is 24.5 Å². The van der Waals surface area contributed by atoms with Crippen LogP contribution < -0.4 is 4.74 Å². The summed E-state index contributed by atoms with van der Waals surface area (Å²) >= 11 is 0. The van der Waals surface area contributed by atoms with Gasteiger partial charge in [0, 0.05) is 6.42 Å². The van der Waals surface area contributed by atoms with Crippen LogP contribution in [-0.2, 0) is 15.9 Å². The maximum atomic E-state index is 11.8. The molecule has 1 aromatic heterocycles. The van der Waals surface area contributed by atoms with Crippen LogP contribution in [0.3, 0.4) is 0 Å². The summed E-state index contributed by atoms with van der Waals surface area (Å²) in [5, 5.41) is 0. The van der Waals surface area contributed by atoms with Crippen LogP contribution in [0, 0.1) is 0 Å². The molecule has 0 spiro atoms. The van der Waals surface area contributed by atoms with Crippen molar-refractivity contribution in [2.75, 3.05) is 19.8 Å². The third-order valence-electron chi connectivity index (χ3n) is 2.62. The van der Waals surface area contributed by atoms with Crippen molar-refractivity contribution in [3.63, 3.8) is 0 Å². The van der Waals surface area contributed by atoms with E-state index in [4.69, 9.17) is 14.2 Å². The number of pyridine rings is 1. The third kappa shape index (κ3) is 2.67. The molecular formula is C13H15NO5. The van der Waals surface area contributed by atoms with Crippen LogP contribution >= 0.6 is 0 Å². The number of fused-ring (bicyclic) bond motifs is 1. The van der Waals surface area contributed by atoms with Gasteiger partial charge in [-0.3, -0.25) is 0 Å². The Labute approximate surface area is 110 Å². The zero-order valence-corrected chi connectivity index (χ0v) is 10.9. The van der Waals surface area contributed by atoms with Crippen molar-refractivity contribution in [3.8, 4) is 5.75 Å². The van der Waals surface area contributed by atoms with Crippen LogP contribution in [-0.4, -0.2) is 36.7 Å². The van der Waals surface area contributed by atoms with E-state index >= 15 is 0 Å². The Balaban J connectivity index is 2.43. The molecule has 1 aliphatic rings. The van der Waals surface area contributed by atoms with Gasteiger partial charge in [-0.1, -0.05) is 0 Å². The molecule has 102 valence electrons. The van der Waals surface area contributed by atoms with Crippen LogP contribution in [0.25, 0.3) is 0 Å². The van der Waals surface area contributed by atoms with Crippen molar-refractivity contribution in [1.82, 2.24) is 4.98 Å². The smallest absolute Gasteiger partial charge is 0.357 e. The van der Waals surface area contributed by atoms with E-state index in [2.05, 4.69) is 4.98 Å². The minimum atomic E-state index is -0.625. The normalized spacial score (nSPS) is 12.5. The molecule has 0 bridgehead atoms. The monoisotopic (exact) mass is 265 g/mol. The van der Waals surface area contributed by atoms with Crippen molar-refractivity contribution in [2.24, 2.45) is 0 Å². The van der Waals surface area contributed by atoms with Gasteiger partial charge in [0.05, 0.1) is 31.1 Å². The van der Waals surface area contributed by atoms with Crippen molar-refractivity contribution in [3.05, 3.63) is 23.0 Å². The number of nitrogens with zero attached hydrogens (tertiary/aromatic N) is 1. The van der Waals surface area contributed by atoms with Gasteiger partial charge in [-0.25, -0.2) is 14.6 Å². The lowest BCUT2D eigenvalue weighted by Gasteiger charge is -2.09. The Kier molecular flexibility index (Phi) is 3.99. The largest absolute Gasteiger partial charge is 0.491 e. The summed E-state index contributed by atoms with van der Waals surface area (Å²) in [7, 11) is 0. The predicted molar refractivity (Wildman–Crippen MR) is 65.3 cm³/mol. The van der Waals surface area contributed by atoms with Gasteiger partial charge in [-0.15, -0.1) is 0 Å². The Bertz CT molecular complexity index is 467. The maximum Gasteiger partial charge on any atom is 0.357 e. The van der Waals surface area contributed by atoms with Gasteiger partial charge in [0.2, 0.25) is 0 Å². The van der Waals surface area contributed by atoms with Gasteiger partial charge in [-0.2, -0.15) is 0 Å². The average Bonchev–Trinajstić information content (AvgIpc) is 2.85. The zero-order chi connectivity index (χ0) is 13.8. The van der Waals surface area contributed by atoms with E-state index in [0.717, 1.165) is 0 Å². The van der Waals surface area contributed by atoms with Crippen molar-refractivity contribution in [2.45, 2.75) is 20.3 Å². The summed E-state index contributed by atoms with van der Waals surface area (Å²) < 4.78 is 15.2. The second-order valence-electron chi connectivity index (χ2n) is 3.87. The first-order valence-electron chi connectivity index (χ1n) is 6.18. The number of rotatable bonds is 4. The molecule has 0 amide bonds. The molecular weight excluding hydrogens is 250 g/mol. The highest BCUT2D eigenvalue weighted by atomic mass is 16.5. The Morgan fingerprint density at radius 1 is 1.26 bits per heavy atom. The molecule has 1 aromatic rings. The first-order valence-corrected chi connectivity index (χ1v) is 6.18. The molecule has 0 saturated carbocycles. The molecule has 19 heavy (non-hydrogen) atoms. The molecule has 1 aliphatic heterocycles. The highest BCUT2D eigenvalue weighted by Gasteiger charge is 2.26. The lowest BCUT2D eigenvalue weighted by atomic mass is 10.1. The number of esters is 2. The SMILES string of the molecule is CCOC(=O)c1cc2c(nc1C(=O)OCC)CCO2. The highest BCUT2D eigenvalue weighted by Crippen LogP contribution is 2.27. The topological polar surface area (TPSA) is 74.7 Å². The molecule has 0 radical (unpaired) electrons. The molecule has 0 atom stereocenters. The van der Waals surface area contributed by atoms with E-state index in [1.807, 2.05) is 0 Å². The van der Waals surface area contributed by atoms with Crippen LogP contribution in [0.4, 0.5) is 0 Å². The van der Waals surface area contributed by atoms with E-state index in [1.54, 1.807) is 13.8 Å². The lowest BCUT2D eigenvalue weighted by molar-refractivity contribution is 0.0473. The number of carbonyl (C=O) groups is 2. The summed E-state index contributed by atoms with van der Waals surface area (Å²) in [6.45, 7) is 4.32. The molecule has 0 aromatic carbocycles. The van der Waals surface area contributed by atoms with Crippen molar-refractivity contribution < 1.29 is 23.8 Å². The Morgan fingerprint density at radius 2 is 1.95 bits per heavy atom. The second kappa shape index (κ2) is 5.69. The first-order chi connectivity index (χ1) is 9.17. The number of hydrogen-bond donors (Lipinski definition) is 0. The lowest BCUT2D eigenvalue weighted by Crippen LogP contribution is -2.16. The summed E-state index contributed by atoms with van der Waals surface area (Å²) in [5.41, 5.74) is 0.738. The second-order valence-corrected chi connectivity index (χ2v) is 3.87. The van der Waals surface area contributed by atoms with Gasteiger partial charge in [0.1, 0.15) is 5.75 Å². The van der Waals surface area contributed by atoms with E-state index in [9.17, 15) is 9.59 Å². The summed E-state index contributed by atoms with van der Waals surface area (Å²) in [6, 6.07) is 1.50. The van der Waals surface area contributed by atoms with Gasteiger partial charge in [-0.05, 0) is 19.9 Å². The molecule has 6 heteroatoms. The molecule has 6 nitrogen and oxygen atoms in total. The van der Waals surface area contributed by atoms with Crippen molar-refractivity contribution in [1.29, 1.82) is 0 Å². The molecule has 0 aliphatic carbocycles. The van der Waals surface area contributed by atoms with E-state index < -0.39 is 11.9 Å². The third-order valence-corrected chi connectivity index (χ3v) is 2.62. The molecule has 0 fully saturated rings. The minimum absolute atomic E-state index is 0.00968. The van der Waals surface area contributed by atoms with Gasteiger partial charge in [0.25, 0.3) is 0 Å². The van der Waals surface area contributed by atoms with Crippen LogP contribution in [0.2, 0.25) is 0 Å². The molecule has 0 unspecified atom stereocenters. The zero-order valence-electron chi connectivity index (χ0n) is 10.9. The fraction of sp³-hybridized carbons (Fsp3) is 0.462. The minimum Gasteiger partial charge on any atom is -0.491 e. The summed E-state index contributed by atoms with van der Waals surface area (Å²) in [5.74, 6) is -0.701. The Hall–Kier alpha value is -2.11. The quantitative estimate of drug-likeness (QED) is 0.765. The Morgan fingerprint density at radius 3 is 2.63 bits per heavy atom. The molecule has 2 rings (SSSR count). The molecule has 2 heterocycles. The predicted octanol–water partition coefficient (Wildman–Crippen LogP) is 1.37. The fourth-order valence-electron chi connectivity index (χ4n) is 1.81. The number of carbonyl (C=O) groups excluding carboxylic acids is 2. The highest BCUT2D eigenvalue weighted by molar-refractivity contribution is 6.02. The van der Waals surface area contributed by atoms with Gasteiger partial charge >= 0.3 is 11.9 Å². The van der Waals surface area contributed by atoms with Gasteiger partial charge < -0.3 is 14.2 Å². The van der Waals surface area contributed by atoms with Crippen LogP contribution in [0.5, 0.6) is 5.75 Å². The maximum absolute atomic E-state index is 11.8. The van der Waals surface area contributed by atoms with Crippen LogP contribution in [0.15, 0.2) is 6.07 Å². The van der Waals surface area contributed by atoms with Gasteiger partial charge in [0.15, 0.2) is 5.69 Å². The number of ether oxygens (including phenoxy) is 3. The summed E-state index contributed by atoms with van der Waals surface area (Å²) in [4.78, 5) is 27.9. The molecule has 0 saturated heterocycles. The first kappa shape index (κ1) is 13.3. The van der Waals surface area contributed by atoms with E-state index in [1.165, 1.54) is 6.07 Å². The average molecular weight is 265 g/mol. The van der Waals surface area contributed by atoms with Crippen LogP contribution in [0.1, 0.15) is 40.4 Å². The molecule has 0 N–H and O–H groups in total. The van der Waals surface area contributed by atoms with Crippen molar-refractivity contribution >= 4 is 11.9 Å². The van der Waals surface area contributed by atoms with E-state index in [-0.39, 0.29) is 24.5 Å². The number of aromatic nitrogens is 1. The number of hydrogen-bond acceptors (Lipinski definition) is 6. The standard InChI is InChI=1S/C13H15NO5/c1-3-17-12(15)8-7-10-9(5-6-19-10)14-11(8)13(16)18-4-2/h7H,3-6H2,1-2H3.